The van der Waals surface area contributed by atoms with Gasteiger partial charge < -0.3 is 24.8 Å². The van der Waals surface area contributed by atoms with Gasteiger partial charge in [-0.1, -0.05) is 11.6 Å². The molecule has 1 fully saturated rings. The fourth-order valence-corrected chi connectivity index (χ4v) is 4.39. The summed E-state index contributed by atoms with van der Waals surface area (Å²) in [5.74, 6) is -0.960. The average Bonchev–Trinajstić information content (AvgIpc) is 3.77. The maximum atomic E-state index is 13.2. The Kier molecular flexibility index (Phi) is 7.27. The summed E-state index contributed by atoms with van der Waals surface area (Å²) in [7, 11) is 2.72. The Labute approximate surface area is 233 Å². The molecule has 5 rings (SSSR count). The van der Waals surface area contributed by atoms with Gasteiger partial charge >= 0.3 is 5.97 Å². The maximum Gasteiger partial charge on any atom is 0.341 e. The van der Waals surface area contributed by atoms with Gasteiger partial charge in [0, 0.05) is 29.0 Å². The number of halogens is 2. The van der Waals surface area contributed by atoms with Crippen molar-refractivity contribution in [3.05, 3.63) is 83.3 Å². The summed E-state index contributed by atoms with van der Waals surface area (Å²) in [4.78, 5) is 42.4. The monoisotopic (exact) mass is 563 g/mol. The smallest absolute Gasteiger partial charge is 0.341 e. The number of nitrogens with one attached hydrogen (secondary N) is 2. The van der Waals surface area contributed by atoms with Gasteiger partial charge in [-0.25, -0.2) is 9.18 Å². The largest absolute Gasteiger partial charge is 0.496 e. The number of carbonyl (C=O) groups excluding carboxylic acids is 3. The first kappa shape index (κ1) is 26.9. The zero-order valence-electron chi connectivity index (χ0n) is 21.4. The van der Waals surface area contributed by atoms with E-state index in [0.29, 0.717) is 46.6 Å². The van der Waals surface area contributed by atoms with Gasteiger partial charge in [-0.15, -0.1) is 0 Å². The molecular formula is C29H23ClFN3O6. The Balaban J connectivity index is 1.33. The second-order valence-electron chi connectivity index (χ2n) is 9.11. The summed E-state index contributed by atoms with van der Waals surface area (Å²) in [5.41, 5.74) is 0.286. The highest BCUT2D eigenvalue weighted by molar-refractivity contribution is 6.32. The third-order valence-corrected chi connectivity index (χ3v) is 6.85. The zero-order chi connectivity index (χ0) is 28.4. The predicted octanol–water partition coefficient (Wildman–Crippen LogP) is 5.97. The summed E-state index contributed by atoms with van der Waals surface area (Å²) in [6, 6.07) is 14.8. The summed E-state index contributed by atoms with van der Waals surface area (Å²) in [5, 5.41) is 6.14. The molecule has 1 aromatic heterocycles. The summed E-state index contributed by atoms with van der Waals surface area (Å²) >= 11 is 6.48. The van der Waals surface area contributed by atoms with E-state index in [9.17, 15) is 18.8 Å². The lowest BCUT2D eigenvalue weighted by Gasteiger charge is -2.16. The van der Waals surface area contributed by atoms with Crippen LogP contribution in [0.2, 0.25) is 5.02 Å². The molecule has 1 heterocycles. The SMILES string of the molecule is COC(=O)c1cc2c(Oc3ccc(NC(=O)C4(C(=O)Nc5ccc(F)cc5)CC4)cc3Cl)ccnc2cc1OC. The molecule has 0 bridgehead atoms. The molecule has 2 N–H and O–H groups in total. The van der Waals surface area contributed by atoms with Gasteiger partial charge in [0.25, 0.3) is 0 Å². The number of rotatable bonds is 8. The van der Waals surface area contributed by atoms with Crippen LogP contribution in [0.15, 0.2) is 66.9 Å². The van der Waals surface area contributed by atoms with Gasteiger partial charge in [0.05, 0.1) is 24.8 Å². The molecule has 1 aliphatic rings. The van der Waals surface area contributed by atoms with E-state index in [4.69, 9.17) is 25.8 Å². The normalized spacial score (nSPS) is 13.3. The van der Waals surface area contributed by atoms with Crippen molar-refractivity contribution in [3.63, 3.8) is 0 Å². The Morgan fingerprint density at radius 1 is 0.875 bits per heavy atom. The molecule has 0 aliphatic heterocycles. The molecule has 0 spiro atoms. The number of ether oxygens (including phenoxy) is 3. The van der Waals surface area contributed by atoms with Crippen LogP contribution in [0.4, 0.5) is 15.8 Å². The minimum Gasteiger partial charge on any atom is -0.496 e. The van der Waals surface area contributed by atoms with E-state index >= 15 is 0 Å². The highest BCUT2D eigenvalue weighted by atomic mass is 35.5. The van der Waals surface area contributed by atoms with Crippen molar-refractivity contribution in [2.45, 2.75) is 12.8 Å². The fraction of sp³-hybridized carbons (Fsp3) is 0.172. The molecule has 0 atom stereocenters. The molecule has 9 nitrogen and oxygen atoms in total. The zero-order valence-corrected chi connectivity index (χ0v) is 22.2. The first-order chi connectivity index (χ1) is 19.2. The van der Waals surface area contributed by atoms with E-state index in [2.05, 4.69) is 15.6 Å². The number of benzene rings is 3. The number of anilines is 2. The Bertz CT molecular complexity index is 1640. The van der Waals surface area contributed by atoms with E-state index in [-0.39, 0.29) is 16.3 Å². The number of nitrogens with zero attached hydrogens (tertiary/aromatic N) is 1. The minimum atomic E-state index is -1.22. The van der Waals surface area contributed by atoms with E-state index in [1.165, 1.54) is 44.6 Å². The van der Waals surface area contributed by atoms with Crippen LogP contribution < -0.4 is 20.1 Å². The van der Waals surface area contributed by atoms with Crippen LogP contribution in [0.1, 0.15) is 23.2 Å². The van der Waals surface area contributed by atoms with E-state index < -0.39 is 29.0 Å². The van der Waals surface area contributed by atoms with Crippen molar-refractivity contribution in [2.75, 3.05) is 24.9 Å². The third-order valence-electron chi connectivity index (χ3n) is 6.56. The Morgan fingerprint density at radius 2 is 1.55 bits per heavy atom. The molecular weight excluding hydrogens is 541 g/mol. The average molecular weight is 564 g/mol. The highest BCUT2D eigenvalue weighted by Crippen LogP contribution is 2.48. The minimum absolute atomic E-state index is 0.199. The number of amides is 2. The second kappa shape index (κ2) is 10.8. The Hall–Kier alpha value is -4.70. The van der Waals surface area contributed by atoms with E-state index in [0.717, 1.165) is 0 Å². The van der Waals surface area contributed by atoms with Crippen molar-refractivity contribution in [1.82, 2.24) is 4.98 Å². The number of esters is 1. The van der Waals surface area contributed by atoms with Gasteiger partial charge in [-0.05, 0) is 67.4 Å². The predicted molar refractivity (Wildman–Crippen MR) is 146 cm³/mol. The first-order valence-corrected chi connectivity index (χ1v) is 12.5. The van der Waals surface area contributed by atoms with Crippen molar-refractivity contribution in [3.8, 4) is 17.2 Å². The van der Waals surface area contributed by atoms with Crippen LogP contribution in [-0.2, 0) is 14.3 Å². The van der Waals surface area contributed by atoms with Crippen molar-refractivity contribution in [1.29, 1.82) is 0 Å². The number of hydrogen-bond donors (Lipinski definition) is 2. The van der Waals surface area contributed by atoms with Crippen molar-refractivity contribution >= 4 is 51.7 Å². The standard InChI is InChI=1S/C29H23ClFN3O6/c1-38-25-15-22-19(14-20(25)26(35)39-2)23(9-12-32-22)40-24-8-7-18(13-21(24)30)34-28(37)29(10-11-29)27(36)33-17-5-3-16(31)4-6-17/h3-9,12-15H,10-11H2,1-2H3,(H,33,36)(H,34,37). The quantitative estimate of drug-likeness (QED) is 0.200. The lowest BCUT2D eigenvalue weighted by atomic mass is 10.0. The van der Waals surface area contributed by atoms with Gasteiger partial charge in [-0.2, -0.15) is 0 Å². The van der Waals surface area contributed by atoms with Crippen molar-refractivity contribution in [2.24, 2.45) is 5.41 Å². The van der Waals surface area contributed by atoms with Crippen LogP contribution >= 0.6 is 11.6 Å². The number of pyridine rings is 1. The molecule has 0 saturated heterocycles. The fourth-order valence-electron chi connectivity index (χ4n) is 4.17. The molecule has 1 aliphatic carbocycles. The Morgan fingerprint density at radius 3 is 2.17 bits per heavy atom. The molecule has 0 radical (unpaired) electrons. The number of carbonyl (C=O) groups is 3. The molecule has 3 aromatic carbocycles. The van der Waals surface area contributed by atoms with E-state index in [1.54, 1.807) is 36.5 Å². The van der Waals surface area contributed by atoms with E-state index in [1.807, 2.05) is 0 Å². The molecule has 204 valence electrons. The van der Waals surface area contributed by atoms with Gasteiger partial charge in [0.2, 0.25) is 11.8 Å². The second-order valence-corrected chi connectivity index (χ2v) is 9.52. The number of fused-ring (bicyclic) bond motifs is 1. The van der Waals surface area contributed by atoms with Crippen LogP contribution in [-0.4, -0.2) is 37.0 Å². The van der Waals surface area contributed by atoms with Crippen LogP contribution in [0.3, 0.4) is 0 Å². The lowest BCUT2D eigenvalue weighted by Crippen LogP contribution is -2.35. The van der Waals surface area contributed by atoms with Crippen molar-refractivity contribution < 1.29 is 33.0 Å². The molecule has 0 unspecified atom stereocenters. The summed E-state index contributed by atoms with van der Waals surface area (Å²) in [6.07, 6.45) is 2.31. The van der Waals surface area contributed by atoms with Gasteiger partial charge in [-0.3, -0.25) is 14.6 Å². The van der Waals surface area contributed by atoms with Crippen LogP contribution in [0, 0.1) is 11.2 Å². The summed E-state index contributed by atoms with van der Waals surface area (Å²) < 4.78 is 29.4. The molecule has 1 saturated carbocycles. The number of aromatic nitrogens is 1. The summed E-state index contributed by atoms with van der Waals surface area (Å²) in [6.45, 7) is 0. The number of hydrogen-bond acceptors (Lipinski definition) is 7. The highest BCUT2D eigenvalue weighted by Gasteiger charge is 2.56. The first-order valence-electron chi connectivity index (χ1n) is 12.1. The van der Waals surface area contributed by atoms with Crippen LogP contribution in [0.5, 0.6) is 17.2 Å². The molecule has 4 aromatic rings. The maximum absolute atomic E-state index is 13.2. The number of methoxy groups -OCH3 is 2. The van der Waals surface area contributed by atoms with Gasteiger partial charge in [0.1, 0.15) is 34.0 Å². The molecule has 2 amide bonds. The third kappa shape index (κ3) is 5.26. The van der Waals surface area contributed by atoms with Crippen LogP contribution in [0.25, 0.3) is 10.9 Å². The van der Waals surface area contributed by atoms with Gasteiger partial charge in [0.15, 0.2) is 0 Å². The molecule has 11 heteroatoms. The lowest BCUT2D eigenvalue weighted by molar-refractivity contribution is -0.131. The topological polar surface area (TPSA) is 116 Å². The molecule has 40 heavy (non-hydrogen) atoms.